The maximum Gasteiger partial charge on any atom is 0.172 e. The van der Waals surface area contributed by atoms with Gasteiger partial charge < -0.3 is 15.9 Å². The molecule has 0 amide bonds. The van der Waals surface area contributed by atoms with Gasteiger partial charge in [-0.1, -0.05) is 0 Å². The van der Waals surface area contributed by atoms with Crippen molar-refractivity contribution in [3.8, 4) is 0 Å². The minimum Gasteiger partial charge on any atom is -0.387 e. The quantitative estimate of drug-likeness (QED) is 0.209. The first kappa shape index (κ1) is 6.51. The molecule has 0 saturated heterocycles. The van der Waals surface area contributed by atoms with Gasteiger partial charge in [-0.15, -0.1) is 0 Å². The molecule has 5 N–H and O–H groups in total. The molecule has 4 nitrogen and oxygen atoms in total. The first-order valence-corrected chi connectivity index (χ1v) is 2.83. The normalized spacial score (nSPS) is 31.1. The number of hydrogen-bond acceptors (Lipinski definition) is 3. The van der Waals surface area contributed by atoms with Crippen LogP contribution in [0, 0.1) is 11.3 Å². The summed E-state index contributed by atoms with van der Waals surface area (Å²) in [5.74, 6) is -2.35. The molecule has 52 valence electrons. The van der Waals surface area contributed by atoms with E-state index in [1.165, 1.54) is 0 Å². The molecule has 1 saturated carbocycles. The molecule has 1 atom stereocenters. The highest BCUT2D eigenvalue weighted by atomic mass is 16.5. The van der Waals surface area contributed by atoms with Crippen LogP contribution < -0.4 is 5.73 Å². The molecule has 9 heavy (non-hydrogen) atoms. The maximum atomic E-state index is 8.88. The molecule has 1 fully saturated rings. The zero-order valence-electron chi connectivity index (χ0n) is 4.96. The van der Waals surface area contributed by atoms with Crippen molar-refractivity contribution in [2.75, 3.05) is 0 Å². The lowest BCUT2D eigenvalue weighted by atomic mass is 9.77. The van der Waals surface area contributed by atoms with Gasteiger partial charge in [0.1, 0.15) is 0 Å². The standard InChI is InChI=1S/C5H10N2O2/c6-4(7)3-1-2-5(3,8)9/h3,8-9H,1-2H2,(H3,6,7). The van der Waals surface area contributed by atoms with Crippen LogP contribution in [0.4, 0.5) is 0 Å². The number of rotatable bonds is 1. The Bertz CT molecular complexity index is 144. The van der Waals surface area contributed by atoms with Gasteiger partial charge in [0, 0.05) is 6.42 Å². The van der Waals surface area contributed by atoms with Crippen LogP contribution in [0.2, 0.25) is 0 Å². The summed E-state index contributed by atoms with van der Waals surface area (Å²) in [5.41, 5.74) is 5.04. The average molecular weight is 130 g/mol. The van der Waals surface area contributed by atoms with Crippen molar-refractivity contribution in [1.82, 2.24) is 0 Å². The van der Waals surface area contributed by atoms with Crippen LogP contribution >= 0.6 is 0 Å². The fraction of sp³-hybridized carbons (Fsp3) is 0.800. The van der Waals surface area contributed by atoms with E-state index in [4.69, 9.17) is 21.4 Å². The van der Waals surface area contributed by atoms with Gasteiger partial charge in [-0.05, 0) is 6.42 Å². The number of aliphatic hydroxyl groups is 2. The molecule has 1 aliphatic rings. The summed E-state index contributed by atoms with van der Waals surface area (Å²) in [6.45, 7) is 0. The zero-order chi connectivity index (χ0) is 7.07. The van der Waals surface area contributed by atoms with Crippen LogP contribution in [0.5, 0.6) is 0 Å². The van der Waals surface area contributed by atoms with Crippen LogP contribution in [0.3, 0.4) is 0 Å². The van der Waals surface area contributed by atoms with Crippen molar-refractivity contribution in [2.24, 2.45) is 11.7 Å². The average Bonchev–Trinajstić information content (AvgIpc) is 1.62. The highest BCUT2D eigenvalue weighted by molar-refractivity contribution is 5.81. The molecule has 0 heterocycles. The molecule has 1 aliphatic carbocycles. The van der Waals surface area contributed by atoms with Crippen molar-refractivity contribution < 1.29 is 10.2 Å². The molecule has 0 radical (unpaired) electrons. The third-order valence-electron chi connectivity index (χ3n) is 1.73. The van der Waals surface area contributed by atoms with Gasteiger partial charge in [-0.25, -0.2) is 0 Å². The lowest BCUT2D eigenvalue weighted by Gasteiger charge is -2.39. The summed E-state index contributed by atoms with van der Waals surface area (Å²) in [7, 11) is 0. The Morgan fingerprint density at radius 3 is 2.22 bits per heavy atom. The molecule has 0 aliphatic heterocycles. The van der Waals surface area contributed by atoms with E-state index < -0.39 is 11.7 Å². The van der Waals surface area contributed by atoms with E-state index >= 15 is 0 Å². The molecular formula is C5H10N2O2. The number of hydrogen-bond donors (Lipinski definition) is 4. The second-order valence-corrected chi connectivity index (χ2v) is 2.43. The molecule has 0 spiro atoms. The van der Waals surface area contributed by atoms with Gasteiger partial charge in [0.2, 0.25) is 0 Å². The summed E-state index contributed by atoms with van der Waals surface area (Å²) in [6, 6.07) is 0. The van der Waals surface area contributed by atoms with Gasteiger partial charge in [-0.3, -0.25) is 5.41 Å². The molecule has 4 heteroatoms. The minimum absolute atomic E-state index is 0.133. The van der Waals surface area contributed by atoms with Gasteiger partial charge in [0.05, 0.1) is 11.8 Å². The largest absolute Gasteiger partial charge is 0.387 e. The summed E-state index contributed by atoms with van der Waals surface area (Å²) in [5, 5.41) is 24.6. The Balaban J connectivity index is 2.55. The smallest absolute Gasteiger partial charge is 0.172 e. The molecule has 0 aromatic carbocycles. The highest BCUT2D eigenvalue weighted by Crippen LogP contribution is 2.35. The Labute approximate surface area is 52.8 Å². The first-order valence-electron chi connectivity index (χ1n) is 2.83. The Kier molecular flexibility index (Phi) is 1.22. The van der Waals surface area contributed by atoms with Crippen LogP contribution in [0.15, 0.2) is 0 Å². The molecular weight excluding hydrogens is 120 g/mol. The van der Waals surface area contributed by atoms with E-state index in [2.05, 4.69) is 0 Å². The monoisotopic (exact) mass is 130 g/mol. The minimum atomic E-state index is -1.69. The van der Waals surface area contributed by atoms with Crippen molar-refractivity contribution >= 4 is 5.84 Å². The Morgan fingerprint density at radius 1 is 1.67 bits per heavy atom. The van der Waals surface area contributed by atoms with Crippen molar-refractivity contribution in [3.05, 3.63) is 0 Å². The molecule has 1 rings (SSSR count). The van der Waals surface area contributed by atoms with E-state index in [1.807, 2.05) is 0 Å². The number of nitrogens with two attached hydrogens (primary N) is 1. The van der Waals surface area contributed by atoms with E-state index in [1.54, 1.807) is 0 Å². The van der Waals surface area contributed by atoms with Gasteiger partial charge in [-0.2, -0.15) is 0 Å². The van der Waals surface area contributed by atoms with Gasteiger partial charge >= 0.3 is 0 Å². The van der Waals surface area contributed by atoms with Crippen molar-refractivity contribution in [3.63, 3.8) is 0 Å². The van der Waals surface area contributed by atoms with E-state index in [0.717, 1.165) is 0 Å². The molecule has 0 aromatic heterocycles. The third-order valence-corrected chi connectivity index (χ3v) is 1.73. The number of amidine groups is 1. The van der Waals surface area contributed by atoms with Crippen LogP contribution in [-0.2, 0) is 0 Å². The lowest BCUT2D eigenvalue weighted by molar-refractivity contribution is -0.234. The number of nitrogens with one attached hydrogen (secondary N) is 1. The topological polar surface area (TPSA) is 90.3 Å². The Morgan fingerprint density at radius 2 is 2.22 bits per heavy atom. The van der Waals surface area contributed by atoms with Crippen LogP contribution in [0.25, 0.3) is 0 Å². The van der Waals surface area contributed by atoms with E-state index in [-0.39, 0.29) is 5.84 Å². The SMILES string of the molecule is N=C(N)C1CCC1(O)O. The summed E-state index contributed by atoms with van der Waals surface area (Å²) in [6.07, 6.45) is 0.944. The van der Waals surface area contributed by atoms with Gasteiger partial charge in [0.15, 0.2) is 5.79 Å². The highest BCUT2D eigenvalue weighted by Gasteiger charge is 2.45. The second-order valence-electron chi connectivity index (χ2n) is 2.43. The van der Waals surface area contributed by atoms with Crippen molar-refractivity contribution in [1.29, 1.82) is 5.41 Å². The van der Waals surface area contributed by atoms with Crippen molar-refractivity contribution in [2.45, 2.75) is 18.6 Å². The predicted octanol–water partition coefficient (Wildman–Crippen LogP) is -0.987. The second kappa shape index (κ2) is 1.68. The fourth-order valence-corrected chi connectivity index (χ4v) is 0.951. The Hall–Kier alpha value is -0.610. The molecule has 1 unspecified atom stereocenters. The van der Waals surface area contributed by atoms with Gasteiger partial charge in [0.25, 0.3) is 0 Å². The van der Waals surface area contributed by atoms with E-state index in [9.17, 15) is 0 Å². The first-order chi connectivity index (χ1) is 4.04. The van der Waals surface area contributed by atoms with Crippen LogP contribution in [-0.4, -0.2) is 21.8 Å². The predicted molar refractivity (Wildman–Crippen MR) is 31.8 cm³/mol. The maximum absolute atomic E-state index is 8.88. The molecule has 0 bridgehead atoms. The van der Waals surface area contributed by atoms with E-state index in [0.29, 0.717) is 12.8 Å². The van der Waals surface area contributed by atoms with Crippen LogP contribution in [0.1, 0.15) is 12.8 Å². The summed E-state index contributed by atoms with van der Waals surface area (Å²) < 4.78 is 0. The summed E-state index contributed by atoms with van der Waals surface area (Å²) in [4.78, 5) is 0. The zero-order valence-corrected chi connectivity index (χ0v) is 4.96. The summed E-state index contributed by atoms with van der Waals surface area (Å²) >= 11 is 0. The molecule has 0 aromatic rings. The lowest BCUT2D eigenvalue weighted by Crippen LogP contribution is -2.52. The fourth-order valence-electron chi connectivity index (χ4n) is 0.951. The third kappa shape index (κ3) is 0.906.